The highest BCUT2D eigenvalue weighted by Gasteiger charge is 2.13. The second kappa shape index (κ2) is 10.0. The van der Waals surface area contributed by atoms with Gasteiger partial charge in [-0.2, -0.15) is 8.78 Å². The maximum atomic E-state index is 12.3. The van der Waals surface area contributed by atoms with Gasteiger partial charge in [-0.15, -0.1) is 0 Å². The number of ketones is 1. The van der Waals surface area contributed by atoms with Crippen molar-refractivity contribution in [3.8, 4) is 11.5 Å². The molecular weight excluding hydrogens is 376 g/mol. The quantitative estimate of drug-likeness (QED) is 0.520. The van der Waals surface area contributed by atoms with Gasteiger partial charge in [0.05, 0.1) is 5.69 Å². The van der Waals surface area contributed by atoms with Crippen molar-refractivity contribution in [3.05, 3.63) is 54.1 Å². The second-order valence-corrected chi connectivity index (χ2v) is 5.45. The van der Waals surface area contributed by atoms with E-state index < -0.39 is 31.7 Å². The van der Waals surface area contributed by atoms with Crippen LogP contribution in [0.4, 0.5) is 14.5 Å². The number of anilines is 1. The Hall–Kier alpha value is -3.49. The van der Waals surface area contributed by atoms with Crippen LogP contribution in [0.5, 0.6) is 11.5 Å². The lowest BCUT2D eigenvalue weighted by atomic mass is 10.1. The average molecular weight is 393 g/mol. The molecule has 0 saturated carbocycles. The van der Waals surface area contributed by atoms with Gasteiger partial charge in [0, 0.05) is 5.56 Å². The molecule has 0 bridgehead atoms. The molecule has 0 radical (unpaired) electrons. The van der Waals surface area contributed by atoms with Crippen molar-refractivity contribution in [2.45, 2.75) is 13.5 Å². The maximum absolute atomic E-state index is 12.3. The molecule has 0 aliphatic carbocycles. The van der Waals surface area contributed by atoms with Gasteiger partial charge >= 0.3 is 12.6 Å². The van der Waals surface area contributed by atoms with E-state index in [0.29, 0.717) is 11.3 Å². The van der Waals surface area contributed by atoms with Crippen molar-refractivity contribution in [2.24, 2.45) is 0 Å². The SMILES string of the molecule is CC(=O)c1ccc(OCC(=O)OCC(=O)Nc2ccccc2OC(F)F)cc1. The highest BCUT2D eigenvalue weighted by molar-refractivity contribution is 5.94. The van der Waals surface area contributed by atoms with E-state index in [1.807, 2.05) is 0 Å². The predicted molar refractivity (Wildman–Crippen MR) is 94.6 cm³/mol. The first-order valence-electron chi connectivity index (χ1n) is 8.08. The number of hydrogen-bond acceptors (Lipinski definition) is 6. The number of carbonyl (C=O) groups excluding carboxylic acids is 3. The van der Waals surface area contributed by atoms with Gasteiger partial charge in [-0.3, -0.25) is 9.59 Å². The van der Waals surface area contributed by atoms with Crippen LogP contribution in [-0.2, 0) is 14.3 Å². The number of nitrogens with one attached hydrogen (secondary N) is 1. The van der Waals surface area contributed by atoms with Crippen LogP contribution in [-0.4, -0.2) is 37.5 Å². The van der Waals surface area contributed by atoms with Gasteiger partial charge < -0.3 is 19.5 Å². The Labute approximate surface area is 159 Å². The topological polar surface area (TPSA) is 90.9 Å². The number of esters is 1. The number of benzene rings is 2. The van der Waals surface area contributed by atoms with Crippen LogP contribution in [0.1, 0.15) is 17.3 Å². The summed E-state index contributed by atoms with van der Waals surface area (Å²) in [4.78, 5) is 34.7. The van der Waals surface area contributed by atoms with Crippen molar-refractivity contribution >= 4 is 23.3 Å². The van der Waals surface area contributed by atoms with Crippen LogP contribution in [0.3, 0.4) is 0 Å². The van der Waals surface area contributed by atoms with Gasteiger partial charge in [-0.1, -0.05) is 12.1 Å². The molecule has 0 aliphatic rings. The lowest BCUT2D eigenvalue weighted by Crippen LogP contribution is -2.24. The summed E-state index contributed by atoms with van der Waals surface area (Å²) in [5, 5.41) is 2.31. The fourth-order valence-corrected chi connectivity index (χ4v) is 2.07. The molecule has 2 aromatic carbocycles. The summed E-state index contributed by atoms with van der Waals surface area (Å²) in [5.74, 6) is -1.50. The largest absolute Gasteiger partial charge is 0.482 e. The van der Waals surface area contributed by atoms with Gasteiger partial charge in [0.2, 0.25) is 0 Å². The van der Waals surface area contributed by atoms with Gasteiger partial charge in [0.1, 0.15) is 11.5 Å². The van der Waals surface area contributed by atoms with E-state index in [1.54, 1.807) is 12.1 Å². The summed E-state index contributed by atoms with van der Waals surface area (Å²) < 4.78 is 38.9. The third-order valence-corrected chi connectivity index (χ3v) is 3.36. The fraction of sp³-hybridized carbons (Fsp3) is 0.211. The first-order valence-corrected chi connectivity index (χ1v) is 8.08. The smallest absolute Gasteiger partial charge is 0.387 e. The van der Waals surface area contributed by atoms with Gasteiger partial charge in [-0.25, -0.2) is 4.79 Å². The second-order valence-electron chi connectivity index (χ2n) is 5.45. The summed E-state index contributed by atoms with van der Waals surface area (Å²) in [6.45, 7) is -2.69. The van der Waals surface area contributed by atoms with E-state index in [1.165, 1.54) is 43.3 Å². The third-order valence-electron chi connectivity index (χ3n) is 3.36. The van der Waals surface area contributed by atoms with Gasteiger partial charge in [0.25, 0.3) is 5.91 Å². The molecular formula is C19H17F2NO6. The average Bonchev–Trinajstić information content (AvgIpc) is 2.66. The number of Topliss-reactive ketones (excluding diaryl/α,β-unsaturated/α-hetero) is 1. The minimum absolute atomic E-state index is 0.0191. The molecule has 28 heavy (non-hydrogen) atoms. The molecule has 1 amide bonds. The van der Waals surface area contributed by atoms with Crippen molar-refractivity contribution in [1.29, 1.82) is 0 Å². The summed E-state index contributed by atoms with van der Waals surface area (Å²) in [5.41, 5.74) is 0.522. The molecule has 7 nitrogen and oxygen atoms in total. The van der Waals surface area contributed by atoms with Crippen LogP contribution < -0.4 is 14.8 Å². The Morgan fingerprint density at radius 3 is 2.32 bits per heavy atom. The number of ether oxygens (including phenoxy) is 3. The van der Waals surface area contributed by atoms with E-state index >= 15 is 0 Å². The molecule has 0 aliphatic heterocycles. The van der Waals surface area contributed by atoms with Crippen molar-refractivity contribution < 1.29 is 37.4 Å². The van der Waals surface area contributed by atoms with Crippen LogP contribution in [0.25, 0.3) is 0 Å². The molecule has 2 aromatic rings. The lowest BCUT2D eigenvalue weighted by molar-refractivity contribution is -0.149. The number of rotatable bonds is 9. The standard InChI is InChI=1S/C19H17F2NO6/c1-12(23)13-6-8-14(9-7-13)26-11-18(25)27-10-17(24)22-15-4-2-3-5-16(15)28-19(20)21/h2-9,19H,10-11H2,1H3,(H,22,24). The fourth-order valence-electron chi connectivity index (χ4n) is 2.07. The Morgan fingerprint density at radius 2 is 1.68 bits per heavy atom. The lowest BCUT2D eigenvalue weighted by Gasteiger charge is -2.12. The number of carbonyl (C=O) groups is 3. The minimum Gasteiger partial charge on any atom is -0.482 e. The van der Waals surface area contributed by atoms with E-state index in [2.05, 4.69) is 10.1 Å². The predicted octanol–water partition coefficient (Wildman–Crippen LogP) is 3.05. The molecule has 0 aromatic heterocycles. The molecule has 0 atom stereocenters. The van der Waals surface area contributed by atoms with Crippen LogP contribution in [0.15, 0.2) is 48.5 Å². The van der Waals surface area contributed by atoms with Crippen LogP contribution in [0.2, 0.25) is 0 Å². The normalized spacial score (nSPS) is 10.3. The Kier molecular flexibility index (Phi) is 7.44. The molecule has 2 rings (SSSR count). The minimum atomic E-state index is -3.04. The van der Waals surface area contributed by atoms with Crippen molar-refractivity contribution in [1.82, 2.24) is 0 Å². The summed E-state index contributed by atoms with van der Waals surface area (Å²) >= 11 is 0. The first kappa shape index (κ1) is 20.8. The number of hydrogen-bond donors (Lipinski definition) is 1. The summed E-state index contributed by atoms with van der Waals surface area (Å²) in [6, 6.07) is 11.8. The highest BCUT2D eigenvalue weighted by Crippen LogP contribution is 2.25. The number of amides is 1. The molecule has 148 valence electrons. The molecule has 1 N–H and O–H groups in total. The molecule has 0 heterocycles. The Morgan fingerprint density at radius 1 is 1.00 bits per heavy atom. The van der Waals surface area contributed by atoms with Crippen molar-refractivity contribution in [2.75, 3.05) is 18.5 Å². The Balaban J connectivity index is 1.78. The number of alkyl halides is 2. The monoisotopic (exact) mass is 393 g/mol. The van der Waals surface area contributed by atoms with Gasteiger partial charge in [0.15, 0.2) is 19.0 Å². The zero-order valence-electron chi connectivity index (χ0n) is 14.8. The highest BCUT2D eigenvalue weighted by atomic mass is 19.3. The van der Waals surface area contributed by atoms with E-state index in [4.69, 9.17) is 9.47 Å². The molecule has 0 saturated heterocycles. The summed E-state index contributed by atoms with van der Waals surface area (Å²) in [6.07, 6.45) is 0. The van der Waals surface area contributed by atoms with Crippen LogP contribution in [0, 0.1) is 0 Å². The van der Waals surface area contributed by atoms with Crippen molar-refractivity contribution in [3.63, 3.8) is 0 Å². The molecule has 0 spiro atoms. The van der Waals surface area contributed by atoms with E-state index in [-0.39, 0.29) is 17.2 Å². The van der Waals surface area contributed by atoms with E-state index in [0.717, 1.165) is 0 Å². The van der Waals surface area contributed by atoms with Gasteiger partial charge in [-0.05, 0) is 43.3 Å². The summed E-state index contributed by atoms with van der Waals surface area (Å²) in [7, 11) is 0. The number of halogens is 2. The third kappa shape index (κ3) is 6.67. The molecule has 0 fully saturated rings. The van der Waals surface area contributed by atoms with Crippen LogP contribution >= 0.6 is 0 Å². The molecule has 0 unspecified atom stereocenters. The van der Waals surface area contributed by atoms with E-state index in [9.17, 15) is 23.2 Å². The Bertz CT molecular complexity index is 839. The molecule has 9 heteroatoms. The zero-order valence-corrected chi connectivity index (χ0v) is 14.8. The zero-order chi connectivity index (χ0) is 20.5. The first-order chi connectivity index (χ1) is 13.3. The number of para-hydroxylation sites is 2. The maximum Gasteiger partial charge on any atom is 0.387 e.